The van der Waals surface area contributed by atoms with E-state index in [2.05, 4.69) is 117 Å². The zero-order valence-corrected chi connectivity index (χ0v) is 22.1. The first kappa shape index (κ1) is 24.4. The summed E-state index contributed by atoms with van der Waals surface area (Å²) in [4.78, 5) is 4.75. The van der Waals surface area contributed by atoms with Gasteiger partial charge < -0.3 is 0 Å². The Hall–Kier alpha value is -2.24. The van der Waals surface area contributed by atoms with Crippen molar-refractivity contribution >= 4 is 18.8 Å². The molecule has 0 bridgehead atoms. The molecule has 0 amide bonds. The quantitative estimate of drug-likeness (QED) is 0.376. The van der Waals surface area contributed by atoms with Crippen molar-refractivity contribution < 1.29 is 0 Å². The molecule has 0 aliphatic carbocycles. The minimum atomic E-state index is 0.0372. The largest absolute Gasteiger partial charge is 0.256 e. The van der Waals surface area contributed by atoms with Gasteiger partial charge in [-0.2, -0.15) is 0 Å². The van der Waals surface area contributed by atoms with Crippen molar-refractivity contribution in [2.75, 3.05) is 0 Å². The van der Waals surface area contributed by atoms with Gasteiger partial charge in [-0.05, 0) is 50.6 Å². The molecule has 0 atom stereocenters. The van der Waals surface area contributed by atoms with Crippen LogP contribution in [0.25, 0.3) is 0 Å². The molecule has 0 N–H and O–H groups in total. The second-order valence-corrected chi connectivity index (χ2v) is 12.8. The SMILES string of the molecule is CC(C)(C)c1cc(C(C)(C)C)c(P=C(c2ccccc2)c2ccccn2)c(C(C)(C)C)c1. The molecule has 3 rings (SSSR count). The molecule has 2 heteroatoms. The van der Waals surface area contributed by atoms with Crippen LogP contribution in [-0.2, 0) is 16.2 Å². The highest BCUT2D eigenvalue weighted by atomic mass is 31.1. The smallest absolute Gasteiger partial charge is 0.0754 e. The fourth-order valence-corrected chi connectivity index (χ4v) is 5.60. The third-order valence-corrected chi connectivity index (χ3v) is 7.19. The van der Waals surface area contributed by atoms with Gasteiger partial charge in [-0.3, -0.25) is 4.98 Å². The highest BCUT2D eigenvalue weighted by Gasteiger charge is 2.29. The molecular formula is C30H38NP. The van der Waals surface area contributed by atoms with E-state index in [0.717, 1.165) is 5.69 Å². The number of hydrogen-bond donors (Lipinski definition) is 0. The van der Waals surface area contributed by atoms with Crippen molar-refractivity contribution in [3.05, 3.63) is 94.8 Å². The fraction of sp³-hybridized carbons (Fsp3) is 0.400. The summed E-state index contributed by atoms with van der Waals surface area (Å²) in [7, 11) is 1.20. The van der Waals surface area contributed by atoms with Gasteiger partial charge in [-0.15, -0.1) is 0 Å². The summed E-state index contributed by atoms with van der Waals surface area (Å²) >= 11 is 0. The van der Waals surface area contributed by atoms with Crippen LogP contribution in [0.4, 0.5) is 0 Å². The van der Waals surface area contributed by atoms with E-state index in [0.29, 0.717) is 0 Å². The Morgan fingerprint density at radius 2 is 1.19 bits per heavy atom. The molecule has 0 unspecified atom stereocenters. The molecule has 0 saturated heterocycles. The normalized spacial score (nSPS) is 13.3. The van der Waals surface area contributed by atoms with E-state index in [9.17, 15) is 0 Å². The Morgan fingerprint density at radius 1 is 0.656 bits per heavy atom. The Labute approximate surface area is 197 Å². The van der Waals surface area contributed by atoms with E-state index in [1.165, 1.54) is 41.1 Å². The summed E-state index contributed by atoms with van der Waals surface area (Å²) in [6, 6.07) is 21.8. The lowest BCUT2D eigenvalue weighted by Crippen LogP contribution is -2.30. The maximum Gasteiger partial charge on any atom is 0.0754 e. The lowest BCUT2D eigenvalue weighted by molar-refractivity contribution is 0.554. The standard InChI is InChI=1S/C30H38NP/c1-28(2,3)22-19-23(29(4,5)6)27(24(20-22)30(7,8)9)32-26(21-15-11-10-12-16-21)25-17-13-14-18-31-25/h10-20H,1-9H3. The maximum atomic E-state index is 4.75. The van der Waals surface area contributed by atoms with Gasteiger partial charge in [-0.1, -0.05) is 119 Å². The summed E-state index contributed by atoms with van der Waals surface area (Å²) in [6.07, 6.45) is 1.89. The third-order valence-electron chi connectivity index (χ3n) is 5.77. The summed E-state index contributed by atoms with van der Waals surface area (Å²) in [5.41, 5.74) is 6.72. The van der Waals surface area contributed by atoms with E-state index in [4.69, 9.17) is 4.98 Å². The number of pyridine rings is 1. The van der Waals surface area contributed by atoms with Crippen LogP contribution in [0.15, 0.2) is 66.9 Å². The summed E-state index contributed by atoms with van der Waals surface area (Å²) in [5, 5.41) is 2.67. The highest BCUT2D eigenvalue weighted by Crippen LogP contribution is 2.36. The van der Waals surface area contributed by atoms with Gasteiger partial charge in [0.15, 0.2) is 0 Å². The van der Waals surface area contributed by atoms with Gasteiger partial charge in [-0.25, -0.2) is 0 Å². The third kappa shape index (κ3) is 5.57. The number of nitrogens with zero attached hydrogens (tertiary/aromatic N) is 1. The molecule has 1 aromatic heterocycles. The van der Waals surface area contributed by atoms with Gasteiger partial charge in [0, 0.05) is 16.8 Å². The zero-order valence-electron chi connectivity index (χ0n) is 21.2. The van der Waals surface area contributed by atoms with Crippen molar-refractivity contribution in [1.82, 2.24) is 4.98 Å². The van der Waals surface area contributed by atoms with Crippen LogP contribution >= 0.6 is 8.20 Å². The van der Waals surface area contributed by atoms with E-state index in [-0.39, 0.29) is 16.2 Å². The van der Waals surface area contributed by atoms with Gasteiger partial charge in [0.1, 0.15) is 0 Å². The summed E-state index contributed by atoms with van der Waals surface area (Å²) < 4.78 is 0. The molecule has 0 radical (unpaired) electrons. The minimum absolute atomic E-state index is 0.0372. The van der Waals surface area contributed by atoms with Crippen molar-refractivity contribution in [3.63, 3.8) is 0 Å². The van der Waals surface area contributed by atoms with Gasteiger partial charge >= 0.3 is 0 Å². The van der Waals surface area contributed by atoms with Gasteiger partial charge in [0.25, 0.3) is 0 Å². The Bertz CT molecular complexity index is 1010. The zero-order chi connectivity index (χ0) is 23.7. The second kappa shape index (κ2) is 8.95. The van der Waals surface area contributed by atoms with E-state index in [1.807, 2.05) is 12.3 Å². The predicted molar refractivity (Wildman–Crippen MR) is 143 cm³/mol. The average Bonchev–Trinajstić information content (AvgIpc) is 2.70. The summed E-state index contributed by atoms with van der Waals surface area (Å²) in [5.74, 6) is 0. The van der Waals surface area contributed by atoms with Crippen molar-refractivity contribution in [3.8, 4) is 0 Å². The van der Waals surface area contributed by atoms with E-state index in [1.54, 1.807) is 0 Å². The lowest BCUT2D eigenvalue weighted by atomic mass is 9.75. The van der Waals surface area contributed by atoms with Gasteiger partial charge in [0.05, 0.1) is 5.69 Å². The first-order chi connectivity index (χ1) is 14.8. The molecule has 168 valence electrons. The van der Waals surface area contributed by atoms with Crippen LogP contribution in [0.2, 0.25) is 0 Å². The van der Waals surface area contributed by atoms with Crippen LogP contribution in [0.5, 0.6) is 0 Å². The van der Waals surface area contributed by atoms with Crippen LogP contribution in [0, 0.1) is 0 Å². The Morgan fingerprint density at radius 3 is 1.62 bits per heavy atom. The second-order valence-electron chi connectivity index (χ2n) is 11.7. The highest BCUT2D eigenvalue weighted by molar-refractivity contribution is 7.50. The number of rotatable bonds is 3. The van der Waals surface area contributed by atoms with Crippen molar-refractivity contribution in [2.45, 2.75) is 78.6 Å². The molecule has 0 saturated carbocycles. The Balaban J connectivity index is 2.44. The monoisotopic (exact) mass is 443 g/mol. The molecule has 3 aromatic rings. The molecule has 1 nitrogen and oxygen atoms in total. The number of aromatic nitrogens is 1. The number of hydrogen-bond acceptors (Lipinski definition) is 1. The maximum absolute atomic E-state index is 4.75. The molecule has 32 heavy (non-hydrogen) atoms. The van der Waals surface area contributed by atoms with Crippen LogP contribution in [0.3, 0.4) is 0 Å². The summed E-state index contributed by atoms with van der Waals surface area (Å²) in [6.45, 7) is 21.0. The number of benzene rings is 2. The predicted octanol–water partition coefficient (Wildman–Crippen LogP) is 7.81. The lowest BCUT2D eigenvalue weighted by Gasteiger charge is -2.32. The molecule has 0 aliphatic heterocycles. The van der Waals surface area contributed by atoms with E-state index < -0.39 is 0 Å². The molecule has 2 aromatic carbocycles. The first-order valence-electron chi connectivity index (χ1n) is 11.5. The molecule has 1 heterocycles. The molecule has 0 fully saturated rings. The molecule has 0 spiro atoms. The fourth-order valence-electron chi connectivity index (χ4n) is 3.81. The minimum Gasteiger partial charge on any atom is -0.256 e. The van der Waals surface area contributed by atoms with Crippen LogP contribution in [-0.4, -0.2) is 10.3 Å². The van der Waals surface area contributed by atoms with Crippen molar-refractivity contribution in [1.29, 1.82) is 0 Å². The first-order valence-corrected chi connectivity index (χ1v) is 12.4. The topological polar surface area (TPSA) is 12.9 Å². The molecular weight excluding hydrogens is 405 g/mol. The van der Waals surface area contributed by atoms with Crippen LogP contribution in [0.1, 0.15) is 90.3 Å². The Kier molecular flexibility index (Phi) is 6.83. The van der Waals surface area contributed by atoms with Gasteiger partial charge in [0.2, 0.25) is 0 Å². The molecule has 0 aliphatic rings. The van der Waals surface area contributed by atoms with E-state index >= 15 is 0 Å². The average molecular weight is 444 g/mol. The van der Waals surface area contributed by atoms with Crippen molar-refractivity contribution in [2.24, 2.45) is 0 Å². The van der Waals surface area contributed by atoms with Crippen LogP contribution < -0.4 is 5.30 Å².